The molecule has 1 rings (SSSR count). The number of nitrogens with zero attached hydrogens (tertiary/aromatic N) is 1. The van der Waals surface area contributed by atoms with Gasteiger partial charge >= 0.3 is 0 Å². The van der Waals surface area contributed by atoms with Gasteiger partial charge in [0.25, 0.3) is 5.91 Å². The number of hydrogen-bond acceptors (Lipinski definition) is 3. The molecule has 0 saturated heterocycles. The number of anilines is 1. The summed E-state index contributed by atoms with van der Waals surface area (Å²) in [4.78, 5) is 16.2. The number of rotatable bonds is 6. The first-order valence-corrected chi connectivity index (χ1v) is 6.48. The molecule has 1 heterocycles. The summed E-state index contributed by atoms with van der Waals surface area (Å²) in [6.45, 7) is 6.40. The van der Waals surface area contributed by atoms with Crippen LogP contribution < -0.4 is 10.6 Å². The number of carbonyl (C=O) groups excluding carboxylic acids is 1. The van der Waals surface area contributed by atoms with Crippen molar-refractivity contribution in [2.45, 2.75) is 39.7 Å². The van der Waals surface area contributed by atoms with Crippen molar-refractivity contribution in [3.63, 3.8) is 0 Å². The van der Waals surface area contributed by atoms with Crippen LogP contribution in [-0.4, -0.2) is 24.0 Å². The van der Waals surface area contributed by atoms with Gasteiger partial charge in [-0.3, -0.25) is 4.79 Å². The molecule has 0 bridgehead atoms. The van der Waals surface area contributed by atoms with Gasteiger partial charge in [0.1, 0.15) is 11.5 Å². The maximum Gasteiger partial charge on any atom is 0.270 e. The zero-order valence-electron chi connectivity index (χ0n) is 11.7. The predicted octanol–water partition coefficient (Wildman–Crippen LogP) is 2.68. The van der Waals surface area contributed by atoms with Crippen LogP contribution in [0.5, 0.6) is 0 Å². The molecule has 1 aromatic heterocycles. The van der Waals surface area contributed by atoms with Crippen molar-refractivity contribution < 1.29 is 4.79 Å². The molecule has 100 valence electrons. The Bertz CT molecular complexity index is 390. The molecule has 4 nitrogen and oxygen atoms in total. The Morgan fingerprint density at radius 3 is 2.61 bits per heavy atom. The van der Waals surface area contributed by atoms with Gasteiger partial charge in [-0.15, -0.1) is 0 Å². The van der Waals surface area contributed by atoms with E-state index in [9.17, 15) is 4.79 Å². The van der Waals surface area contributed by atoms with E-state index in [1.165, 1.54) is 0 Å². The van der Waals surface area contributed by atoms with Gasteiger partial charge in [-0.1, -0.05) is 19.9 Å². The largest absolute Gasteiger partial charge is 0.373 e. The van der Waals surface area contributed by atoms with Crippen LogP contribution >= 0.6 is 0 Å². The molecule has 1 aromatic rings. The number of nitrogens with one attached hydrogen (secondary N) is 2. The first-order chi connectivity index (χ1) is 8.52. The molecule has 1 amide bonds. The second kappa shape index (κ2) is 6.99. The van der Waals surface area contributed by atoms with Crippen LogP contribution in [0, 0.1) is 5.92 Å². The molecule has 2 N–H and O–H groups in total. The summed E-state index contributed by atoms with van der Waals surface area (Å²) in [6.07, 6.45) is 2.11. The van der Waals surface area contributed by atoms with E-state index in [0.717, 1.165) is 12.8 Å². The van der Waals surface area contributed by atoms with Gasteiger partial charge in [0.05, 0.1) is 0 Å². The summed E-state index contributed by atoms with van der Waals surface area (Å²) >= 11 is 0. The average molecular weight is 249 g/mol. The van der Waals surface area contributed by atoms with Crippen LogP contribution in [0.2, 0.25) is 0 Å². The van der Waals surface area contributed by atoms with E-state index in [0.29, 0.717) is 17.4 Å². The van der Waals surface area contributed by atoms with Gasteiger partial charge < -0.3 is 10.6 Å². The third kappa shape index (κ3) is 4.73. The van der Waals surface area contributed by atoms with Crippen molar-refractivity contribution in [3.8, 4) is 0 Å². The van der Waals surface area contributed by atoms with Crippen LogP contribution in [-0.2, 0) is 0 Å². The maximum atomic E-state index is 12.0. The highest BCUT2D eigenvalue weighted by molar-refractivity contribution is 5.92. The minimum absolute atomic E-state index is 0.108. The summed E-state index contributed by atoms with van der Waals surface area (Å²) in [5.74, 6) is 1.26. The molecule has 1 unspecified atom stereocenters. The van der Waals surface area contributed by atoms with Gasteiger partial charge in [0, 0.05) is 13.1 Å². The zero-order chi connectivity index (χ0) is 13.5. The summed E-state index contributed by atoms with van der Waals surface area (Å²) in [7, 11) is 1.79. The summed E-state index contributed by atoms with van der Waals surface area (Å²) in [5.41, 5.74) is 0.457. The lowest BCUT2D eigenvalue weighted by atomic mass is 10.0. The molecule has 0 fully saturated rings. The maximum absolute atomic E-state index is 12.0. The first kappa shape index (κ1) is 14.5. The Labute approximate surface area is 109 Å². The highest BCUT2D eigenvalue weighted by Crippen LogP contribution is 2.08. The van der Waals surface area contributed by atoms with E-state index < -0.39 is 0 Å². The number of pyridine rings is 1. The Morgan fingerprint density at radius 2 is 2.00 bits per heavy atom. The van der Waals surface area contributed by atoms with Gasteiger partial charge in [-0.2, -0.15) is 0 Å². The number of aromatic nitrogens is 1. The van der Waals surface area contributed by atoms with Crippen molar-refractivity contribution in [3.05, 3.63) is 23.9 Å². The fraction of sp³-hybridized carbons (Fsp3) is 0.571. The van der Waals surface area contributed by atoms with E-state index in [2.05, 4.69) is 29.5 Å². The molecular formula is C14H23N3O. The minimum Gasteiger partial charge on any atom is -0.373 e. The number of carbonyl (C=O) groups is 1. The second-order valence-corrected chi connectivity index (χ2v) is 5.00. The molecular weight excluding hydrogens is 226 g/mol. The lowest BCUT2D eigenvalue weighted by Crippen LogP contribution is -2.33. The Hall–Kier alpha value is -1.58. The van der Waals surface area contributed by atoms with Gasteiger partial charge in [0.2, 0.25) is 0 Å². The van der Waals surface area contributed by atoms with Crippen molar-refractivity contribution in [2.24, 2.45) is 5.92 Å². The number of amides is 1. The van der Waals surface area contributed by atoms with E-state index in [4.69, 9.17) is 0 Å². The van der Waals surface area contributed by atoms with Crippen LogP contribution in [0.4, 0.5) is 5.82 Å². The number of hydrogen-bond donors (Lipinski definition) is 2. The molecule has 0 aliphatic heterocycles. The lowest BCUT2D eigenvalue weighted by Gasteiger charge is -2.15. The van der Waals surface area contributed by atoms with E-state index in [1.54, 1.807) is 13.1 Å². The van der Waals surface area contributed by atoms with Crippen LogP contribution in [0.15, 0.2) is 18.2 Å². The van der Waals surface area contributed by atoms with Crippen molar-refractivity contribution >= 4 is 11.7 Å². The standard InChI is InChI=1S/C14H23N3O/c1-10(2)8-9-11(3)16-14(18)12-6-5-7-13(15-4)17-12/h5-7,10-11H,8-9H2,1-4H3,(H,15,17)(H,16,18). The monoisotopic (exact) mass is 249 g/mol. The Morgan fingerprint density at radius 1 is 1.28 bits per heavy atom. The van der Waals surface area contributed by atoms with Crippen LogP contribution in [0.3, 0.4) is 0 Å². The molecule has 0 radical (unpaired) electrons. The average Bonchev–Trinajstić information content (AvgIpc) is 2.36. The third-order valence-corrected chi connectivity index (χ3v) is 2.79. The van der Waals surface area contributed by atoms with Crippen LogP contribution in [0.1, 0.15) is 44.1 Å². The molecule has 0 spiro atoms. The summed E-state index contributed by atoms with van der Waals surface area (Å²) in [6, 6.07) is 5.57. The quantitative estimate of drug-likeness (QED) is 0.815. The Balaban J connectivity index is 2.53. The normalized spacial score (nSPS) is 12.3. The van der Waals surface area contributed by atoms with Crippen molar-refractivity contribution in [1.82, 2.24) is 10.3 Å². The van der Waals surface area contributed by atoms with Gasteiger partial charge in [-0.25, -0.2) is 4.98 Å². The van der Waals surface area contributed by atoms with Crippen molar-refractivity contribution in [1.29, 1.82) is 0 Å². The van der Waals surface area contributed by atoms with Gasteiger partial charge in [0.15, 0.2) is 0 Å². The van der Waals surface area contributed by atoms with E-state index in [1.807, 2.05) is 19.1 Å². The molecule has 18 heavy (non-hydrogen) atoms. The molecule has 1 atom stereocenters. The molecule has 0 saturated carbocycles. The predicted molar refractivity (Wildman–Crippen MR) is 74.8 cm³/mol. The molecule has 4 heteroatoms. The topological polar surface area (TPSA) is 54.0 Å². The summed E-state index contributed by atoms with van der Waals surface area (Å²) < 4.78 is 0. The van der Waals surface area contributed by atoms with Crippen molar-refractivity contribution in [2.75, 3.05) is 12.4 Å². The highest BCUT2D eigenvalue weighted by atomic mass is 16.1. The molecule has 0 aliphatic carbocycles. The van der Waals surface area contributed by atoms with E-state index >= 15 is 0 Å². The Kier molecular flexibility index (Phi) is 5.62. The smallest absolute Gasteiger partial charge is 0.270 e. The van der Waals surface area contributed by atoms with E-state index in [-0.39, 0.29) is 11.9 Å². The molecule has 0 aromatic carbocycles. The fourth-order valence-electron chi connectivity index (χ4n) is 1.65. The third-order valence-electron chi connectivity index (χ3n) is 2.79. The van der Waals surface area contributed by atoms with Crippen LogP contribution in [0.25, 0.3) is 0 Å². The minimum atomic E-state index is -0.108. The second-order valence-electron chi connectivity index (χ2n) is 5.00. The SMILES string of the molecule is CNc1cccc(C(=O)NC(C)CCC(C)C)n1. The van der Waals surface area contributed by atoms with Gasteiger partial charge in [-0.05, 0) is 37.8 Å². The summed E-state index contributed by atoms with van der Waals surface area (Å²) in [5, 5.41) is 5.90. The fourth-order valence-corrected chi connectivity index (χ4v) is 1.65. The highest BCUT2D eigenvalue weighted by Gasteiger charge is 2.11. The first-order valence-electron chi connectivity index (χ1n) is 6.48. The molecule has 0 aliphatic rings. The zero-order valence-corrected chi connectivity index (χ0v) is 11.7. The lowest BCUT2D eigenvalue weighted by molar-refractivity contribution is 0.0932.